The normalized spacial score (nSPS) is 21.6. The van der Waals surface area contributed by atoms with E-state index in [1.807, 2.05) is 17.0 Å². The van der Waals surface area contributed by atoms with Crippen molar-refractivity contribution in [2.75, 3.05) is 6.54 Å². The quantitative estimate of drug-likeness (QED) is 0.778. The summed E-state index contributed by atoms with van der Waals surface area (Å²) in [6, 6.07) is 14.3. The van der Waals surface area contributed by atoms with Crippen LogP contribution in [0, 0.1) is 5.41 Å². The number of nitrogens with zero attached hydrogens (tertiary/aromatic N) is 3. The van der Waals surface area contributed by atoms with Crippen LogP contribution >= 0.6 is 0 Å². The molecule has 1 saturated carbocycles. The molecule has 3 heterocycles. The van der Waals surface area contributed by atoms with Crippen LogP contribution in [0.1, 0.15) is 47.8 Å². The lowest BCUT2D eigenvalue weighted by atomic mass is 9.67. The first-order chi connectivity index (χ1) is 12.3. The fourth-order valence-electron chi connectivity index (χ4n) is 4.69. The van der Waals surface area contributed by atoms with Crippen LogP contribution in [0.2, 0.25) is 0 Å². The molecular formula is C20H20N4O. The molecule has 5 nitrogen and oxygen atoms in total. The molecule has 1 aromatic carbocycles. The van der Waals surface area contributed by atoms with Gasteiger partial charge < -0.3 is 9.88 Å². The van der Waals surface area contributed by atoms with Gasteiger partial charge in [-0.25, -0.2) is 9.97 Å². The predicted octanol–water partition coefficient (Wildman–Crippen LogP) is 3.72. The lowest BCUT2D eigenvalue weighted by molar-refractivity contribution is -0.0514. The summed E-state index contributed by atoms with van der Waals surface area (Å²) in [4.78, 5) is 26.8. The van der Waals surface area contributed by atoms with Gasteiger partial charge in [0.2, 0.25) is 0 Å². The summed E-state index contributed by atoms with van der Waals surface area (Å²) in [5.41, 5.74) is 3.43. The van der Waals surface area contributed by atoms with Gasteiger partial charge >= 0.3 is 0 Å². The second kappa shape index (κ2) is 5.41. The molecule has 3 aromatic rings. The molecule has 2 fully saturated rings. The van der Waals surface area contributed by atoms with Gasteiger partial charge in [0.1, 0.15) is 5.69 Å². The highest BCUT2D eigenvalue weighted by Gasteiger charge is 2.56. The first-order valence-electron chi connectivity index (χ1n) is 8.93. The van der Waals surface area contributed by atoms with Crippen LogP contribution in [0.15, 0.2) is 48.8 Å². The van der Waals surface area contributed by atoms with E-state index in [1.165, 1.54) is 31.2 Å². The summed E-state index contributed by atoms with van der Waals surface area (Å²) >= 11 is 0. The molecule has 0 bridgehead atoms. The highest BCUT2D eigenvalue weighted by Crippen LogP contribution is 2.58. The van der Waals surface area contributed by atoms with Crippen molar-refractivity contribution in [1.29, 1.82) is 0 Å². The van der Waals surface area contributed by atoms with Gasteiger partial charge in [-0.1, -0.05) is 43.2 Å². The number of hydrogen-bond acceptors (Lipinski definition) is 3. The number of H-pyrrole nitrogens is 1. The second-order valence-corrected chi connectivity index (χ2v) is 7.29. The molecule has 5 heteroatoms. The van der Waals surface area contributed by atoms with Crippen molar-refractivity contribution in [2.45, 2.75) is 31.7 Å². The van der Waals surface area contributed by atoms with E-state index in [-0.39, 0.29) is 17.4 Å². The minimum absolute atomic E-state index is 0.0104. The van der Waals surface area contributed by atoms with Gasteiger partial charge in [0.15, 0.2) is 5.65 Å². The van der Waals surface area contributed by atoms with E-state index < -0.39 is 0 Å². The van der Waals surface area contributed by atoms with E-state index in [2.05, 4.69) is 39.2 Å². The maximum Gasteiger partial charge on any atom is 0.273 e. The lowest BCUT2D eigenvalue weighted by Crippen LogP contribution is -2.59. The zero-order valence-corrected chi connectivity index (χ0v) is 14.0. The molecule has 1 saturated heterocycles. The Kier molecular flexibility index (Phi) is 3.17. The lowest BCUT2D eigenvalue weighted by Gasteiger charge is -2.56. The third-order valence-corrected chi connectivity index (χ3v) is 5.85. The van der Waals surface area contributed by atoms with E-state index in [4.69, 9.17) is 0 Å². The number of rotatable bonds is 2. The molecule has 2 aromatic heterocycles. The molecule has 2 aliphatic rings. The van der Waals surface area contributed by atoms with Crippen LogP contribution in [0.5, 0.6) is 0 Å². The summed E-state index contributed by atoms with van der Waals surface area (Å²) < 4.78 is 0. The number of hydrogen-bond donors (Lipinski definition) is 1. The van der Waals surface area contributed by atoms with E-state index in [0.717, 1.165) is 12.1 Å². The summed E-state index contributed by atoms with van der Waals surface area (Å²) in [6.45, 7) is 0.839. The van der Waals surface area contributed by atoms with Gasteiger partial charge in [-0.3, -0.25) is 4.79 Å². The fraction of sp³-hybridized carbons (Fsp3) is 0.350. The van der Waals surface area contributed by atoms with Crippen molar-refractivity contribution in [3.8, 4) is 0 Å². The molecule has 0 radical (unpaired) electrons. The molecular weight excluding hydrogens is 312 g/mol. The Morgan fingerprint density at radius 2 is 1.92 bits per heavy atom. The molecule has 25 heavy (non-hydrogen) atoms. The minimum atomic E-state index is 0.0104. The van der Waals surface area contributed by atoms with Crippen LogP contribution in [-0.2, 0) is 0 Å². The Labute approximate surface area is 146 Å². The molecule has 0 unspecified atom stereocenters. The maximum atomic E-state index is 13.1. The largest absolute Gasteiger partial charge is 0.343 e. The van der Waals surface area contributed by atoms with Crippen LogP contribution in [0.25, 0.3) is 11.2 Å². The second-order valence-electron chi connectivity index (χ2n) is 7.29. The number of nitrogens with one attached hydrogen (secondary N) is 1. The van der Waals surface area contributed by atoms with Gasteiger partial charge in [-0.2, -0.15) is 0 Å². The zero-order valence-electron chi connectivity index (χ0n) is 14.0. The van der Waals surface area contributed by atoms with Crippen LogP contribution in [0.3, 0.4) is 0 Å². The molecule has 126 valence electrons. The highest BCUT2D eigenvalue weighted by atomic mass is 16.2. The number of aromatic amines is 1. The molecule has 1 spiro atoms. The molecule has 5 rings (SSSR count). The Morgan fingerprint density at radius 3 is 2.72 bits per heavy atom. The Morgan fingerprint density at radius 1 is 1.12 bits per heavy atom. The van der Waals surface area contributed by atoms with Crippen LogP contribution in [-0.4, -0.2) is 32.3 Å². The van der Waals surface area contributed by atoms with Crippen molar-refractivity contribution < 1.29 is 4.79 Å². The zero-order chi connectivity index (χ0) is 16.9. The molecule has 1 N–H and O–H groups in total. The predicted molar refractivity (Wildman–Crippen MR) is 95.0 cm³/mol. The molecule has 1 aliphatic heterocycles. The van der Waals surface area contributed by atoms with Crippen molar-refractivity contribution in [3.05, 3.63) is 60.0 Å². The van der Waals surface area contributed by atoms with Gasteiger partial charge in [-0.05, 0) is 30.5 Å². The molecule has 1 amide bonds. The number of fused-ring (bicyclic) bond motifs is 1. The van der Waals surface area contributed by atoms with Gasteiger partial charge in [-0.15, -0.1) is 0 Å². The van der Waals surface area contributed by atoms with Crippen LogP contribution in [0.4, 0.5) is 0 Å². The Hall–Kier alpha value is -2.69. The van der Waals surface area contributed by atoms with Gasteiger partial charge in [0, 0.05) is 12.0 Å². The van der Waals surface area contributed by atoms with Crippen molar-refractivity contribution in [2.24, 2.45) is 5.41 Å². The SMILES string of the molecule is O=C(c1ccc2[nH]cnc2n1)N1CC2(CCCC2)[C@H]1c1ccccc1. The van der Waals surface area contributed by atoms with Crippen molar-refractivity contribution in [1.82, 2.24) is 19.9 Å². The number of imidazole rings is 1. The number of likely N-dealkylation sites (tertiary alicyclic amines) is 1. The van der Waals surface area contributed by atoms with Crippen molar-refractivity contribution in [3.63, 3.8) is 0 Å². The first-order valence-corrected chi connectivity index (χ1v) is 8.93. The van der Waals surface area contributed by atoms with E-state index in [1.54, 1.807) is 12.4 Å². The van der Waals surface area contributed by atoms with E-state index in [9.17, 15) is 4.79 Å². The summed E-state index contributed by atoms with van der Waals surface area (Å²) in [5, 5.41) is 0. The standard InChI is InChI=1S/C20H20N4O/c25-19(16-9-8-15-18(23-16)22-13-21-15)24-12-20(10-4-5-11-20)17(24)14-6-2-1-3-7-14/h1-3,6-9,13,17H,4-5,10-12H2,(H,21,22,23)/t17-/m1/s1. The summed E-state index contributed by atoms with van der Waals surface area (Å²) in [6.07, 6.45) is 6.56. The fourth-order valence-corrected chi connectivity index (χ4v) is 4.69. The molecule has 1 atom stereocenters. The molecule has 1 aliphatic carbocycles. The third kappa shape index (κ3) is 2.18. The number of amides is 1. The van der Waals surface area contributed by atoms with Gasteiger partial charge in [0.05, 0.1) is 17.9 Å². The number of pyridine rings is 1. The maximum absolute atomic E-state index is 13.1. The number of benzene rings is 1. The Bertz CT molecular complexity index is 927. The third-order valence-electron chi connectivity index (χ3n) is 5.85. The summed E-state index contributed by atoms with van der Waals surface area (Å²) in [7, 11) is 0. The highest BCUT2D eigenvalue weighted by molar-refractivity contribution is 5.95. The van der Waals surface area contributed by atoms with Crippen LogP contribution < -0.4 is 0 Å². The average Bonchev–Trinajstić information content (AvgIpc) is 3.30. The monoisotopic (exact) mass is 332 g/mol. The minimum Gasteiger partial charge on any atom is -0.343 e. The number of aromatic nitrogens is 3. The van der Waals surface area contributed by atoms with E-state index in [0.29, 0.717) is 11.3 Å². The van der Waals surface area contributed by atoms with E-state index >= 15 is 0 Å². The van der Waals surface area contributed by atoms with Gasteiger partial charge in [0.25, 0.3) is 5.91 Å². The van der Waals surface area contributed by atoms with Crippen molar-refractivity contribution >= 4 is 17.1 Å². The smallest absolute Gasteiger partial charge is 0.273 e. The number of carbonyl (C=O) groups is 1. The Balaban J connectivity index is 1.50. The first kappa shape index (κ1) is 14.6. The topological polar surface area (TPSA) is 61.9 Å². The number of carbonyl (C=O) groups excluding carboxylic acids is 1. The average molecular weight is 332 g/mol. The summed E-state index contributed by atoms with van der Waals surface area (Å²) in [5.74, 6) is 0.0104.